The van der Waals surface area contributed by atoms with Gasteiger partial charge in [0.25, 0.3) is 0 Å². The zero-order chi connectivity index (χ0) is 22.4. The molecule has 0 unspecified atom stereocenters. The molecule has 0 atom stereocenters. The van der Waals surface area contributed by atoms with Gasteiger partial charge >= 0.3 is 5.97 Å². The number of fused-ring (bicyclic) bond motifs is 5. The van der Waals surface area contributed by atoms with E-state index in [1.807, 2.05) is 43.3 Å². The predicted octanol–water partition coefficient (Wildman–Crippen LogP) is 5.57. The number of rotatable bonds is 4. The summed E-state index contributed by atoms with van der Waals surface area (Å²) in [6, 6.07) is 17.9. The Kier molecular flexibility index (Phi) is 4.89. The van der Waals surface area contributed by atoms with Crippen LogP contribution in [0.2, 0.25) is 0 Å². The highest BCUT2D eigenvalue weighted by molar-refractivity contribution is 6.18. The van der Waals surface area contributed by atoms with Gasteiger partial charge in [-0.1, -0.05) is 35.5 Å². The van der Waals surface area contributed by atoms with Crippen LogP contribution in [0.3, 0.4) is 0 Å². The molecule has 5 rings (SSSR count). The molecule has 4 aromatic rings. The lowest BCUT2D eigenvalue weighted by atomic mass is 9.96. The van der Waals surface area contributed by atoms with Crippen LogP contribution >= 0.6 is 0 Å². The molecular weight excluding hydrogens is 400 g/mol. The number of hydrogen-bond acceptors (Lipinski definition) is 4. The Morgan fingerprint density at radius 3 is 2.56 bits per heavy atom. The van der Waals surface area contributed by atoms with Crippen LogP contribution in [-0.2, 0) is 22.6 Å². The summed E-state index contributed by atoms with van der Waals surface area (Å²) in [5.41, 5.74) is 7.66. The van der Waals surface area contributed by atoms with Gasteiger partial charge in [0, 0.05) is 52.0 Å². The first kappa shape index (κ1) is 20.2. The predicted molar refractivity (Wildman–Crippen MR) is 126 cm³/mol. The summed E-state index contributed by atoms with van der Waals surface area (Å²) in [7, 11) is 0. The van der Waals surface area contributed by atoms with Gasteiger partial charge in [0.05, 0.1) is 5.71 Å². The van der Waals surface area contributed by atoms with Crippen LogP contribution in [0.4, 0.5) is 0 Å². The Morgan fingerprint density at radius 2 is 1.81 bits per heavy atom. The first-order chi connectivity index (χ1) is 15.5. The first-order valence-corrected chi connectivity index (χ1v) is 10.9. The molecule has 0 N–H and O–H groups in total. The molecule has 5 heteroatoms. The fraction of sp³-hybridized carbons (Fsp3) is 0.222. The fourth-order valence-electron chi connectivity index (χ4n) is 4.85. The molecule has 0 aliphatic heterocycles. The van der Waals surface area contributed by atoms with Crippen LogP contribution in [0.15, 0.2) is 59.8 Å². The maximum atomic E-state index is 13.3. The van der Waals surface area contributed by atoms with Crippen LogP contribution in [0.5, 0.6) is 0 Å². The van der Waals surface area contributed by atoms with Gasteiger partial charge in [-0.25, -0.2) is 4.79 Å². The second-order valence-electron chi connectivity index (χ2n) is 8.23. The van der Waals surface area contributed by atoms with Gasteiger partial charge in [-0.05, 0) is 62.1 Å². The third kappa shape index (κ3) is 3.12. The maximum Gasteiger partial charge on any atom is 0.331 e. The van der Waals surface area contributed by atoms with Gasteiger partial charge in [-0.2, -0.15) is 0 Å². The van der Waals surface area contributed by atoms with Crippen molar-refractivity contribution in [3.8, 4) is 0 Å². The van der Waals surface area contributed by atoms with Crippen molar-refractivity contribution in [1.82, 2.24) is 4.57 Å². The normalized spacial score (nSPS) is 14.3. The van der Waals surface area contributed by atoms with Crippen molar-refractivity contribution in [3.05, 3.63) is 82.4 Å². The molecule has 0 saturated heterocycles. The quantitative estimate of drug-likeness (QED) is 0.245. The highest BCUT2D eigenvalue weighted by atomic mass is 16.7. The molecule has 0 amide bonds. The van der Waals surface area contributed by atoms with Gasteiger partial charge in [0.2, 0.25) is 0 Å². The van der Waals surface area contributed by atoms with E-state index in [1.165, 1.54) is 12.5 Å². The summed E-state index contributed by atoms with van der Waals surface area (Å²) in [4.78, 5) is 29.4. The number of oxime groups is 1. The van der Waals surface area contributed by atoms with E-state index in [2.05, 4.69) is 34.8 Å². The van der Waals surface area contributed by atoms with Crippen molar-refractivity contribution in [1.29, 1.82) is 0 Å². The monoisotopic (exact) mass is 424 g/mol. The number of aryl methyl sites for hydroxylation is 3. The zero-order valence-corrected chi connectivity index (χ0v) is 18.4. The Balaban J connectivity index is 1.73. The summed E-state index contributed by atoms with van der Waals surface area (Å²) in [6.07, 6.45) is 1.55. The third-order valence-corrected chi connectivity index (χ3v) is 6.31. The van der Waals surface area contributed by atoms with Crippen LogP contribution in [-0.4, -0.2) is 22.0 Å². The van der Waals surface area contributed by atoms with E-state index in [4.69, 9.17) is 4.84 Å². The highest BCUT2D eigenvalue weighted by Crippen LogP contribution is 2.38. The summed E-state index contributed by atoms with van der Waals surface area (Å²) in [6.45, 7) is 6.28. The lowest BCUT2D eigenvalue weighted by Crippen LogP contribution is -2.03. The molecule has 0 bridgehead atoms. The van der Waals surface area contributed by atoms with Crippen LogP contribution in [0.25, 0.3) is 21.8 Å². The number of aromatic nitrogens is 1. The van der Waals surface area contributed by atoms with Gasteiger partial charge in [0.1, 0.15) is 0 Å². The first-order valence-electron chi connectivity index (χ1n) is 10.9. The van der Waals surface area contributed by atoms with E-state index in [-0.39, 0.29) is 5.78 Å². The summed E-state index contributed by atoms with van der Waals surface area (Å²) in [5, 5.41) is 6.31. The van der Waals surface area contributed by atoms with E-state index in [1.54, 1.807) is 0 Å². The summed E-state index contributed by atoms with van der Waals surface area (Å²) in [5.74, 6) is -0.388. The molecule has 160 valence electrons. The molecule has 32 heavy (non-hydrogen) atoms. The standard InChI is InChI=1S/C27H24N2O3/c1-4-29-24-13-9-18(27(31)19-8-6-5-7-16(19)2)15-22(24)26-21-10-12-23(28-32-17(3)30)20(21)11-14-25(26)29/h5-9,11,13-15H,4,10,12H2,1-3H3/b28-23+. The minimum absolute atomic E-state index is 0.0343. The van der Waals surface area contributed by atoms with E-state index < -0.39 is 5.97 Å². The fourth-order valence-corrected chi connectivity index (χ4v) is 4.85. The number of carbonyl (C=O) groups excluding carboxylic acids is 2. The van der Waals surface area contributed by atoms with Crippen molar-refractivity contribution < 1.29 is 14.4 Å². The molecule has 5 nitrogen and oxygen atoms in total. The van der Waals surface area contributed by atoms with E-state index in [0.29, 0.717) is 5.56 Å². The van der Waals surface area contributed by atoms with Gasteiger partial charge in [-0.15, -0.1) is 0 Å². The van der Waals surface area contributed by atoms with E-state index in [0.717, 1.165) is 63.6 Å². The average molecular weight is 425 g/mol. The minimum atomic E-state index is -0.422. The Hall–Kier alpha value is -3.73. The van der Waals surface area contributed by atoms with E-state index >= 15 is 0 Å². The number of carbonyl (C=O) groups is 2. The molecule has 0 radical (unpaired) electrons. The van der Waals surface area contributed by atoms with Crippen molar-refractivity contribution >= 4 is 39.3 Å². The van der Waals surface area contributed by atoms with Crippen molar-refractivity contribution in [3.63, 3.8) is 0 Å². The number of benzene rings is 3. The lowest BCUT2D eigenvalue weighted by molar-refractivity contribution is -0.140. The molecular formula is C27H24N2O3. The maximum absolute atomic E-state index is 13.3. The second kappa shape index (κ2) is 7.75. The lowest BCUT2D eigenvalue weighted by Gasteiger charge is -2.06. The SMILES string of the molecule is CCn1c2ccc(C(=O)c3ccccc3C)cc2c2c3c(ccc21)/C(=N/OC(C)=O)CC3. The number of ketones is 1. The average Bonchev–Trinajstić information content (AvgIpc) is 3.35. The van der Waals surface area contributed by atoms with Gasteiger partial charge in [-0.3, -0.25) is 4.79 Å². The molecule has 1 aliphatic rings. The molecule has 1 aromatic heterocycles. The molecule has 0 saturated carbocycles. The Morgan fingerprint density at radius 1 is 1.03 bits per heavy atom. The zero-order valence-electron chi connectivity index (χ0n) is 18.4. The largest absolute Gasteiger partial charge is 0.341 e. The van der Waals surface area contributed by atoms with Crippen LogP contribution in [0.1, 0.15) is 52.9 Å². The van der Waals surface area contributed by atoms with Crippen LogP contribution < -0.4 is 0 Å². The molecule has 1 aliphatic carbocycles. The third-order valence-electron chi connectivity index (χ3n) is 6.31. The van der Waals surface area contributed by atoms with Crippen molar-refractivity contribution in [2.24, 2.45) is 5.16 Å². The van der Waals surface area contributed by atoms with Crippen molar-refractivity contribution in [2.75, 3.05) is 0 Å². The number of nitrogens with zero attached hydrogens (tertiary/aromatic N) is 2. The van der Waals surface area contributed by atoms with E-state index in [9.17, 15) is 9.59 Å². The molecule has 3 aromatic carbocycles. The number of hydrogen-bond donors (Lipinski definition) is 0. The summed E-state index contributed by atoms with van der Waals surface area (Å²) >= 11 is 0. The topological polar surface area (TPSA) is 60.7 Å². The molecule has 1 heterocycles. The highest BCUT2D eigenvalue weighted by Gasteiger charge is 2.25. The second-order valence-corrected chi connectivity index (χ2v) is 8.23. The summed E-state index contributed by atoms with van der Waals surface area (Å²) < 4.78 is 2.29. The smallest absolute Gasteiger partial charge is 0.331 e. The Labute approximate surface area is 186 Å². The Bertz CT molecular complexity index is 1440. The molecule has 0 spiro atoms. The van der Waals surface area contributed by atoms with Crippen molar-refractivity contribution in [2.45, 2.75) is 40.2 Å². The van der Waals surface area contributed by atoms with Gasteiger partial charge in [0.15, 0.2) is 5.78 Å². The minimum Gasteiger partial charge on any atom is -0.341 e. The van der Waals surface area contributed by atoms with Crippen LogP contribution in [0, 0.1) is 6.92 Å². The van der Waals surface area contributed by atoms with Gasteiger partial charge < -0.3 is 9.40 Å². The molecule has 0 fully saturated rings.